The average Bonchev–Trinajstić information content (AvgIpc) is 3.30. The monoisotopic (exact) mass is 530 g/mol. The molecule has 2 aliphatic heterocycles. The van der Waals surface area contributed by atoms with Gasteiger partial charge in [-0.1, -0.05) is 12.1 Å². The molecule has 1 aromatic carbocycles. The van der Waals surface area contributed by atoms with Crippen molar-refractivity contribution in [2.75, 3.05) is 41.4 Å². The van der Waals surface area contributed by atoms with Crippen LogP contribution in [0.3, 0.4) is 0 Å². The maximum Gasteiger partial charge on any atom is 0.416 e. The minimum atomic E-state index is -4.51. The van der Waals surface area contributed by atoms with Crippen LogP contribution in [0.4, 0.5) is 35.3 Å². The number of rotatable bonds is 6. The average molecular weight is 531 g/mol. The summed E-state index contributed by atoms with van der Waals surface area (Å²) in [6, 6.07) is 7.21. The Balaban J connectivity index is 1.43. The molecule has 4 heterocycles. The molecule has 0 spiro atoms. The number of aliphatic hydroxyl groups excluding tert-OH is 2. The van der Waals surface area contributed by atoms with Gasteiger partial charge in [-0.15, -0.1) is 0 Å². The zero-order valence-corrected chi connectivity index (χ0v) is 20.3. The highest BCUT2D eigenvalue weighted by Gasteiger charge is 2.42. The van der Waals surface area contributed by atoms with E-state index in [0.29, 0.717) is 42.5 Å². The van der Waals surface area contributed by atoms with Crippen LogP contribution >= 0.6 is 0 Å². The zero-order valence-electron chi connectivity index (χ0n) is 20.3. The summed E-state index contributed by atoms with van der Waals surface area (Å²) in [7, 11) is 0. The van der Waals surface area contributed by atoms with E-state index in [2.05, 4.69) is 25.2 Å². The topological polar surface area (TPSA) is 124 Å². The van der Waals surface area contributed by atoms with Gasteiger partial charge < -0.3 is 19.8 Å². The SMILES string of the molecule is Cc1nc(-c2cccc(C(F)(F)F)c2)nc2c1N1CC[C@@H](C1)N2C(=O)Nc1ccc(OC[C@H](O)CO)cn1. The Hall–Kier alpha value is -3.97. The van der Waals surface area contributed by atoms with Gasteiger partial charge in [-0.25, -0.2) is 19.7 Å². The van der Waals surface area contributed by atoms with Crippen molar-refractivity contribution in [2.24, 2.45) is 0 Å². The largest absolute Gasteiger partial charge is 0.489 e. The second-order valence-corrected chi connectivity index (χ2v) is 9.10. The van der Waals surface area contributed by atoms with Crippen molar-refractivity contribution in [1.29, 1.82) is 0 Å². The number of amides is 2. The number of pyridine rings is 1. The van der Waals surface area contributed by atoms with Crippen LogP contribution in [0.1, 0.15) is 17.7 Å². The molecule has 2 aromatic heterocycles. The lowest BCUT2D eigenvalue weighted by Gasteiger charge is -2.36. The predicted octanol–water partition coefficient (Wildman–Crippen LogP) is 3.23. The maximum absolute atomic E-state index is 13.5. The van der Waals surface area contributed by atoms with Gasteiger partial charge in [-0.2, -0.15) is 13.2 Å². The normalized spacial score (nSPS) is 17.3. The molecule has 2 amide bonds. The number of aromatic nitrogens is 3. The second-order valence-electron chi connectivity index (χ2n) is 9.10. The van der Waals surface area contributed by atoms with E-state index >= 15 is 0 Å². The molecule has 5 rings (SSSR count). The molecule has 3 N–H and O–H groups in total. The van der Waals surface area contributed by atoms with Crippen LogP contribution < -0.4 is 19.9 Å². The highest BCUT2D eigenvalue weighted by molar-refractivity contribution is 6.04. The molecule has 1 saturated heterocycles. The Morgan fingerprint density at radius 3 is 2.79 bits per heavy atom. The summed E-state index contributed by atoms with van der Waals surface area (Å²) in [5, 5.41) is 21.0. The summed E-state index contributed by atoms with van der Waals surface area (Å²) < 4.78 is 45.2. The van der Waals surface area contributed by atoms with Gasteiger partial charge in [0.15, 0.2) is 11.6 Å². The van der Waals surface area contributed by atoms with Gasteiger partial charge in [0.25, 0.3) is 0 Å². The Morgan fingerprint density at radius 1 is 1.26 bits per heavy atom. The number of halogens is 3. The minimum absolute atomic E-state index is 0.0948. The third kappa shape index (κ3) is 5.07. The van der Waals surface area contributed by atoms with E-state index in [4.69, 9.17) is 9.84 Å². The number of hydrogen-bond donors (Lipinski definition) is 3. The number of nitrogens with zero attached hydrogens (tertiary/aromatic N) is 5. The van der Waals surface area contributed by atoms with E-state index < -0.39 is 30.5 Å². The van der Waals surface area contributed by atoms with Crippen molar-refractivity contribution in [3.8, 4) is 17.1 Å². The van der Waals surface area contributed by atoms with Gasteiger partial charge in [0.05, 0.1) is 30.1 Å². The second kappa shape index (κ2) is 10.1. The van der Waals surface area contributed by atoms with Gasteiger partial charge in [-0.05, 0) is 37.6 Å². The number of hydrogen-bond acceptors (Lipinski definition) is 8. The highest BCUT2D eigenvalue weighted by atomic mass is 19.4. The van der Waals surface area contributed by atoms with Crippen LogP contribution in [0.15, 0.2) is 42.6 Å². The first-order valence-corrected chi connectivity index (χ1v) is 11.9. The number of carbonyl (C=O) groups is 1. The number of aliphatic hydroxyl groups is 2. The first-order valence-electron chi connectivity index (χ1n) is 11.9. The minimum Gasteiger partial charge on any atom is -0.489 e. The van der Waals surface area contributed by atoms with Gasteiger partial charge >= 0.3 is 12.2 Å². The van der Waals surface area contributed by atoms with E-state index in [1.54, 1.807) is 13.0 Å². The van der Waals surface area contributed by atoms with Crippen LogP contribution in [-0.2, 0) is 6.18 Å². The van der Waals surface area contributed by atoms with Crippen molar-refractivity contribution in [3.05, 3.63) is 53.9 Å². The Kier molecular flexibility index (Phi) is 6.80. The molecule has 0 saturated carbocycles. The van der Waals surface area contributed by atoms with E-state index in [9.17, 15) is 23.1 Å². The number of fused-ring (bicyclic) bond motifs is 4. The van der Waals surface area contributed by atoms with Gasteiger partial charge in [0, 0.05) is 18.7 Å². The molecule has 2 aliphatic rings. The Bertz CT molecular complexity index is 1340. The maximum atomic E-state index is 13.5. The Labute approximate surface area is 215 Å². The standard InChI is InChI=1S/C25H25F3N6O4/c1-14-21-23(32-22(30-14)15-3-2-4-16(9-15)25(26,27)28)34(17-7-8-33(21)11-17)24(37)31-20-6-5-19(10-29-20)38-13-18(36)12-35/h2-6,9-10,17-18,35-36H,7-8,11-13H2,1H3,(H,29,31,37)/t17-,18+/m0/s1. The lowest BCUT2D eigenvalue weighted by molar-refractivity contribution is -0.137. The summed E-state index contributed by atoms with van der Waals surface area (Å²) in [6.45, 7) is 2.48. The van der Waals surface area contributed by atoms with Crippen LogP contribution in [-0.4, -0.2) is 69.6 Å². The molecular weight excluding hydrogens is 505 g/mol. The van der Waals surface area contributed by atoms with Crippen LogP contribution in [0.5, 0.6) is 5.75 Å². The number of benzene rings is 1. The Morgan fingerprint density at radius 2 is 2.08 bits per heavy atom. The van der Waals surface area contributed by atoms with Crippen molar-refractivity contribution in [3.63, 3.8) is 0 Å². The third-order valence-corrected chi connectivity index (χ3v) is 6.40. The van der Waals surface area contributed by atoms with E-state index in [0.717, 1.165) is 12.1 Å². The predicted molar refractivity (Wildman–Crippen MR) is 132 cm³/mol. The lowest BCUT2D eigenvalue weighted by atomic mass is 10.1. The molecule has 38 heavy (non-hydrogen) atoms. The molecule has 2 atom stereocenters. The first-order chi connectivity index (χ1) is 18.1. The molecule has 200 valence electrons. The highest BCUT2D eigenvalue weighted by Crippen LogP contribution is 2.42. The summed E-state index contributed by atoms with van der Waals surface area (Å²) >= 11 is 0. The lowest BCUT2D eigenvalue weighted by Crippen LogP contribution is -2.48. The summed E-state index contributed by atoms with van der Waals surface area (Å²) in [4.78, 5) is 30.3. The van der Waals surface area contributed by atoms with Crippen LogP contribution in [0, 0.1) is 6.92 Å². The number of urea groups is 1. The molecule has 10 nitrogen and oxygen atoms in total. The fraction of sp³-hybridized carbons (Fsp3) is 0.360. The molecule has 2 bridgehead atoms. The van der Waals surface area contributed by atoms with Crippen LogP contribution in [0.2, 0.25) is 0 Å². The molecule has 0 radical (unpaired) electrons. The van der Waals surface area contributed by atoms with Gasteiger partial charge in [-0.3, -0.25) is 10.2 Å². The van der Waals surface area contributed by atoms with Crippen molar-refractivity contribution < 1.29 is 32.9 Å². The van der Waals surface area contributed by atoms with Crippen molar-refractivity contribution >= 4 is 23.4 Å². The zero-order chi connectivity index (χ0) is 27.0. The summed E-state index contributed by atoms with van der Waals surface area (Å²) in [5.41, 5.74) is 0.619. The third-order valence-electron chi connectivity index (χ3n) is 6.40. The number of carbonyl (C=O) groups excluding carboxylic acids is 1. The molecule has 0 aliphatic carbocycles. The van der Waals surface area contributed by atoms with Crippen molar-refractivity contribution in [2.45, 2.75) is 31.7 Å². The molecular formula is C25H25F3N6O4. The number of aryl methyl sites for hydroxylation is 1. The fourth-order valence-corrected chi connectivity index (χ4v) is 4.60. The summed E-state index contributed by atoms with van der Waals surface area (Å²) in [6.07, 6.45) is -3.47. The summed E-state index contributed by atoms with van der Waals surface area (Å²) in [5.74, 6) is 1.02. The van der Waals surface area contributed by atoms with E-state index in [1.165, 1.54) is 29.3 Å². The molecule has 13 heteroatoms. The fourth-order valence-electron chi connectivity index (χ4n) is 4.60. The molecule has 0 unspecified atom stereocenters. The van der Waals surface area contributed by atoms with Gasteiger partial charge in [0.2, 0.25) is 0 Å². The smallest absolute Gasteiger partial charge is 0.416 e. The quantitative estimate of drug-likeness (QED) is 0.444. The molecule has 3 aromatic rings. The van der Waals surface area contributed by atoms with E-state index in [1.807, 2.05) is 0 Å². The van der Waals surface area contributed by atoms with Gasteiger partial charge in [0.1, 0.15) is 30.0 Å². The molecule has 1 fully saturated rings. The number of anilines is 3. The van der Waals surface area contributed by atoms with Crippen molar-refractivity contribution in [1.82, 2.24) is 15.0 Å². The number of ether oxygens (including phenoxy) is 1. The van der Waals surface area contributed by atoms with Crippen LogP contribution in [0.25, 0.3) is 11.4 Å². The first kappa shape index (κ1) is 25.7. The number of nitrogens with one attached hydrogen (secondary N) is 1. The van der Waals surface area contributed by atoms with E-state index in [-0.39, 0.29) is 29.9 Å². The number of alkyl halides is 3.